The molecule has 0 saturated heterocycles. The van der Waals surface area contributed by atoms with E-state index in [0.29, 0.717) is 27.1 Å². The normalized spacial score (nSPS) is 12.0. The molecule has 0 aromatic carbocycles. The van der Waals surface area contributed by atoms with Crippen LogP contribution in [0.3, 0.4) is 0 Å². The fraction of sp³-hybridized carbons (Fsp3) is 1.00. The van der Waals surface area contributed by atoms with E-state index in [1.54, 1.807) is 0 Å². The molecule has 0 aromatic rings. The summed E-state index contributed by atoms with van der Waals surface area (Å²) in [6.07, 6.45) is 0. The van der Waals surface area contributed by atoms with Crippen LogP contribution in [-0.4, -0.2) is 0 Å². The summed E-state index contributed by atoms with van der Waals surface area (Å²) in [4.78, 5) is 0. The molecular weight excluding hydrogens is 300 g/mol. The van der Waals surface area contributed by atoms with Gasteiger partial charge in [0.05, 0.1) is 0 Å². The molecule has 0 aliphatic heterocycles. The Morgan fingerprint density at radius 1 is 0.160 bits per heavy atom. The van der Waals surface area contributed by atoms with Gasteiger partial charge in [-0.05, 0) is 27.1 Å². The van der Waals surface area contributed by atoms with Crippen LogP contribution in [-0.2, 0) is 0 Å². The van der Waals surface area contributed by atoms with Crippen LogP contribution in [0.25, 0.3) is 0 Å². The fourth-order valence-electron chi connectivity index (χ4n) is 0. The zero-order chi connectivity index (χ0) is 22.5. The molecule has 0 radical (unpaired) electrons. The molecule has 0 heterocycles. The second-order valence-corrected chi connectivity index (χ2v) is 15.0. The van der Waals surface area contributed by atoms with Gasteiger partial charge in [-0.3, -0.25) is 0 Å². The third kappa shape index (κ3) is 0. The number of hydrogen-bond donors (Lipinski definition) is 0. The molecule has 0 nitrogen and oxygen atoms in total. The Balaban J connectivity index is -0.0000000667. The van der Waals surface area contributed by atoms with Crippen molar-refractivity contribution >= 4 is 0 Å². The van der Waals surface area contributed by atoms with E-state index in [4.69, 9.17) is 0 Å². The summed E-state index contributed by atoms with van der Waals surface area (Å²) in [6.45, 7) is 43.8. The first-order valence-corrected chi connectivity index (χ1v) is 10.0. The largest absolute Gasteiger partial charge is 0.0604 e. The third-order valence-corrected chi connectivity index (χ3v) is 0. The first kappa shape index (κ1) is 36.0. The molecule has 0 rings (SSSR count). The fourth-order valence-corrected chi connectivity index (χ4v) is 0. The highest BCUT2D eigenvalue weighted by molar-refractivity contribution is 4.49. The second-order valence-electron chi connectivity index (χ2n) is 15.0. The van der Waals surface area contributed by atoms with Crippen LogP contribution in [0.2, 0.25) is 0 Å². The lowest BCUT2D eigenvalue weighted by atomic mass is 10.0. The van der Waals surface area contributed by atoms with Crippen molar-refractivity contribution < 1.29 is 0 Å². The lowest BCUT2D eigenvalue weighted by Gasteiger charge is -2.05. The summed E-state index contributed by atoms with van der Waals surface area (Å²) in [5, 5.41) is 0. The summed E-state index contributed by atoms with van der Waals surface area (Å²) in [5.41, 5.74) is 2.50. The predicted octanol–water partition coefficient (Wildman–Crippen LogP) is 10.3. The van der Waals surface area contributed by atoms with Gasteiger partial charge >= 0.3 is 0 Å². The Morgan fingerprint density at radius 3 is 0.160 bits per heavy atom. The van der Waals surface area contributed by atoms with Gasteiger partial charge in [-0.25, -0.2) is 0 Å². The lowest BCUT2D eigenvalue weighted by molar-refractivity contribution is 0.469. The molecule has 0 saturated carbocycles. The monoisotopic (exact) mass is 360 g/mol. The van der Waals surface area contributed by atoms with Crippen molar-refractivity contribution in [3.63, 3.8) is 0 Å². The maximum Gasteiger partial charge on any atom is -0.0411 e. The Hall–Kier alpha value is 0. The molecule has 0 N–H and O–H groups in total. The van der Waals surface area contributed by atoms with Crippen molar-refractivity contribution in [1.29, 1.82) is 0 Å². The standard InChI is InChI=1S/5C5H12/c5*1-5(2,3)4/h5*1-4H3. The molecule has 160 valence electrons. The van der Waals surface area contributed by atoms with Crippen LogP contribution in [0.15, 0.2) is 0 Å². The van der Waals surface area contributed by atoms with Crippen molar-refractivity contribution in [1.82, 2.24) is 0 Å². The zero-order valence-electron chi connectivity index (χ0n) is 22.5. The van der Waals surface area contributed by atoms with Gasteiger partial charge in [-0.2, -0.15) is 0 Å². The summed E-state index contributed by atoms with van der Waals surface area (Å²) < 4.78 is 0. The average molecular weight is 361 g/mol. The highest BCUT2D eigenvalue weighted by Crippen LogP contribution is 2.09. The quantitative estimate of drug-likeness (QED) is 0.403. The van der Waals surface area contributed by atoms with Crippen molar-refractivity contribution in [3.05, 3.63) is 0 Å². The van der Waals surface area contributed by atoms with E-state index in [1.165, 1.54) is 0 Å². The van der Waals surface area contributed by atoms with Gasteiger partial charge in [0.1, 0.15) is 0 Å². The molecule has 0 aromatic heterocycles. The molecule has 0 fully saturated rings. The van der Waals surface area contributed by atoms with E-state index >= 15 is 0 Å². The van der Waals surface area contributed by atoms with E-state index in [1.807, 2.05) is 0 Å². The second kappa shape index (κ2) is 14.1. The van der Waals surface area contributed by atoms with Crippen molar-refractivity contribution in [3.8, 4) is 0 Å². The van der Waals surface area contributed by atoms with Crippen molar-refractivity contribution in [2.75, 3.05) is 0 Å². The molecule has 0 bridgehead atoms. The average Bonchev–Trinajstić information content (AvgIpc) is 1.79. The minimum absolute atomic E-state index is 0.500. The molecule has 0 aliphatic rings. The Kier molecular flexibility index (Phi) is 20.3. The highest BCUT2D eigenvalue weighted by atomic mass is 14.0. The van der Waals surface area contributed by atoms with E-state index < -0.39 is 0 Å². The molecule has 0 aliphatic carbocycles. The van der Waals surface area contributed by atoms with Crippen LogP contribution < -0.4 is 0 Å². The summed E-state index contributed by atoms with van der Waals surface area (Å²) >= 11 is 0. The molecule has 0 heteroatoms. The topological polar surface area (TPSA) is 0 Å². The molecular formula is C25H60. The first-order chi connectivity index (χ1) is 10.0. The Bertz CT molecular complexity index is 147. The SMILES string of the molecule is CC(C)(C)C.CC(C)(C)C.CC(C)(C)C.CC(C)(C)C.CC(C)(C)C. The lowest BCUT2D eigenvalue weighted by Crippen LogP contribution is -1.93. The van der Waals surface area contributed by atoms with Crippen LogP contribution in [0.4, 0.5) is 0 Å². The molecule has 25 heavy (non-hydrogen) atoms. The van der Waals surface area contributed by atoms with Crippen molar-refractivity contribution in [2.24, 2.45) is 27.1 Å². The summed E-state index contributed by atoms with van der Waals surface area (Å²) in [6, 6.07) is 0. The van der Waals surface area contributed by atoms with E-state index in [2.05, 4.69) is 138 Å². The maximum absolute atomic E-state index is 2.19. The van der Waals surface area contributed by atoms with Crippen molar-refractivity contribution in [2.45, 2.75) is 138 Å². The van der Waals surface area contributed by atoms with Gasteiger partial charge in [-0.15, -0.1) is 0 Å². The number of rotatable bonds is 0. The Morgan fingerprint density at radius 2 is 0.160 bits per heavy atom. The first-order valence-electron chi connectivity index (χ1n) is 10.0. The molecule has 0 amide bonds. The van der Waals surface area contributed by atoms with Gasteiger partial charge in [0.25, 0.3) is 0 Å². The Labute approximate surface area is 166 Å². The highest BCUT2D eigenvalue weighted by Gasteiger charge is 1.97. The minimum atomic E-state index is 0.500. The van der Waals surface area contributed by atoms with Gasteiger partial charge in [0, 0.05) is 0 Å². The maximum atomic E-state index is 2.19. The predicted molar refractivity (Wildman–Crippen MR) is 126 cm³/mol. The molecule has 0 spiro atoms. The minimum Gasteiger partial charge on any atom is -0.0604 e. The summed E-state index contributed by atoms with van der Waals surface area (Å²) in [5.74, 6) is 0. The smallest absolute Gasteiger partial charge is 0.0411 e. The van der Waals surface area contributed by atoms with Gasteiger partial charge in [0.2, 0.25) is 0 Å². The summed E-state index contributed by atoms with van der Waals surface area (Å²) in [7, 11) is 0. The van der Waals surface area contributed by atoms with E-state index in [0.717, 1.165) is 0 Å². The molecule has 0 atom stereocenters. The van der Waals surface area contributed by atoms with Crippen LogP contribution in [0.1, 0.15) is 138 Å². The third-order valence-electron chi connectivity index (χ3n) is 0. The molecule has 0 unspecified atom stereocenters. The van der Waals surface area contributed by atoms with Crippen LogP contribution in [0, 0.1) is 27.1 Å². The van der Waals surface area contributed by atoms with Gasteiger partial charge in [0.15, 0.2) is 0 Å². The van der Waals surface area contributed by atoms with Crippen LogP contribution >= 0.6 is 0 Å². The van der Waals surface area contributed by atoms with Crippen LogP contribution in [0.5, 0.6) is 0 Å². The van der Waals surface area contributed by atoms with E-state index in [9.17, 15) is 0 Å². The zero-order valence-corrected chi connectivity index (χ0v) is 22.5. The number of hydrogen-bond acceptors (Lipinski definition) is 0. The van der Waals surface area contributed by atoms with Gasteiger partial charge in [-0.1, -0.05) is 138 Å². The van der Waals surface area contributed by atoms with E-state index in [-0.39, 0.29) is 0 Å². The van der Waals surface area contributed by atoms with Gasteiger partial charge < -0.3 is 0 Å².